The summed E-state index contributed by atoms with van der Waals surface area (Å²) < 4.78 is 8.88. The van der Waals surface area contributed by atoms with Gasteiger partial charge >= 0.3 is 6.16 Å². The molecule has 0 amide bonds. The highest BCUT2D eigenvalue weighted by Crippen LogP contribution is 2.18. The summed E-state index contributed by atoms with van der Waals surface area (Å²) in [5.41, 5.74) is -0.955. The smallest absolute Gasteiger partial charge is 0.438 e. The number of hydrogen-bond acceptors (Lipinski definition) is 4. The molecule has 0 rings (SSSR count). The van der Waals surface area contributed by atoms with Crippen molar-refractivity contribution in [2.24, 2.45) is 0 Å². The molecular weight excluding hydrogens is 208 g/mol. The van der Waals surface area contributed by atoms with Crippen molar-refractivity contribution in [3.05, 3.63) is 0 Å². The fraction of sp³-hybridized carbons (Fsp3) is 0.750. The molecule has 0 fully saturated rings. The summed E-state index contributed by atoms with van der Waals surface area (Å²) in [6, 6.07) is 0. The molecular formula is C12H20O4. The second kappa shape index (κ2) is 8.00. The Bertz CT molecular complexity index is 256. The predicted octanol–water partition coefficient (Wildman–Crippen LogP) is 2.10. The van der Waals surface area contributed by atoms with Gasteiger partial charge in [-0.1, -0.05) is 38.5 Å². The van der Waals surface area contributed by atoms with Gasteiger partial charge in [0, 0.05) is 0 Å². The first kappa shape index (κ1) is 14.8. The first-order chi connectivity index (χ1) is 7.58. The number of aliphatic hydroxyl groups is 1. The van der Waals surface area contributed by atoms with E-state index in [1.165, 1.54) is 7.11 Å². The zero-order chi connectivity index (χ0) is 12.4. The monoisotopic (exact) mass is 228 g/mol. The van der Waals surface area contributed by atoms with Gasteiger partial charge in [0.25, 0.3) is 0 Å². The maximum atomic E-state index is 10.6. The quantitative estimate of drug-likeness (QED) is 0.578. The number of rotatable bonds is 5. The van der Waals surface area contributed by atoms with Crippen LogP contribution in [0.3, 0.4) is 0 Å². The molecule has 0 saturated carbocycles. The van der Waals surface area contributed by atoms with E-state index in [9.17, 15) is 9.90 Å². The van der Waals surface area contributed by atoms with Crippen molar-refractivity contribution in [1.29, 1.82) is 0 Å². The standard InChI is InChI=1S/C12H20O4/c1-4-7-12(14,8-5-2)9-6-10-16-11(13)15-3/h14H,4-5,7-8,10H2,1-3H3. The highest BCUT2D eigenvalue weighted by molar-refractivity contribution is 5.59. The molecule has 0 atom stereocenters. The molecule has 0 aromatic heterocycles. The Labute approximate surface area is 96.9 Å². The van der Waals surface area contributed by atoms with Crippen molar-refractivity contribution in [2.75, 3.05) is 13.7 Å². The highest BCUT2D eigenvalue weighted by Gasteiger charge is 2.21. The molecule has 92 valence electrons. The number of carbonyl (C=O) groups is 1. The molecule has 16 heavy (non-hydrogen) atoms. The SMILES string of the molecule is CCCC(O)(C#CCOC(=O)OC)CCC. The van der Waals surface area contributed by atoms with E-state index in [0.717, 1.165) is 12.8 Å². The van der Waals surface area contributed by atoms with E-state index in [4.69, 9.17) is 0 Å². The van der Waals surface area contributed by atoms with Gasteiger partial charge in [-0.2, -0.15) is 0 Å². The molecule has 0 radical (unpaired) electrons. The summed E-state index contributed by atoms with van der Waals surface area (Å²) in [6.07, 6.45) is 2.23. The zero-order valence-electron chi connectivity index (χ0n) is 10.2. The van der Waals surface area contributed by atoms with E-state index in [0.29, 0.717) is 12.8 Å². The Morgan fingerprint density at radius 2 is 1.88 bits per heavy atom. The molecule has 0 unspecified atom stereocenters. The van der Waals surface area contributed by atoms with Crippen LogP contribution in [0.1, 0.15) is 39.5 Å². The van der Waals surface area contributed by atoms with Gasteiger partial charge in [-0.25, -0.2) is 4.79 Å². The normalized spacial score (nSPS) is 10.2. The van der Waals surface area contributed by atoms with Gasteiger partial charge in [0.1, 0.15) is 5.60 Å². The van der Waals surface area contributed by atoms with Gasteiger partial charge in [-0.05, 0) is 12.8 Å². The van der Waals surface area contributed by atoms with Crippen LogP contribution in [0, 0.1) is 11.8 Å². The number of hydrogen-bond donors (Lipinski definition) is 1. The summed E-state index contributed by atoms with van der Waals surface area (Å²) in [5.74, 6) is 5.39. The average molecular weight is 228 g/mol. The second-order valence-corrected chi connectivity index (χ2v) is 3.58. The Morgan fingerprint density at radius 3 is 2.31 bits per heavy atom. The van der Waals surface area contributed by atoms with Crippen LogP contribution in [0.25, 0.3) is 0 Å². The molecule has 1 N–H and O–H groups in total. The summed E-state index contributed by atoms with van der Waals surface area (Å²) in [6.45, 7) is 3.93. The Morgan fingerprint density at radius 1 is 1.31 bits per heavy atom. The molecule has 0 heterocycles. The van der Waals surface area contributed by atoms with Crippen LogP contribution in [-0.4, -0.2) is 30.6 Å². The van der Waals surface area contributed by atoms with E-state index in [-0.39, 0.29) is 6.61 Å². The van der Waals surface area contributed by atoms with Gasteiger partial charge in [0.05, 0.1) is 7.11 Å². The zero-order valence-corrected chi connectivity index (χ0v) is 10.2. The molecule has 4 nitrogen and oxygen atoms in total. The van der Waals surface area contributed by atoms with Crippen LogP contribution in [-0.2, 0) is 9.47 Å². The van der Waals surface area contributed by atoms with Crippen molar-refractivity contribution in [3.8, 4) is 11.8 Å². The summed E-state index contributed by atoms with van der Waals surface area (Å²) in [7, 11) is 1.24. The fourth-order valence-corrected chi connectivity index (χ4v) is 1.43. The van der Waals surface area contributed by atoms with Crippen molar-refractivity contribution < 1.29 is 19.4 Å². The summed E-state index contributed by atoms with van der Waals surface area (Å²) in [4.78, 5) is 10.6. The lowest BCUT2D eigenvalue weighted by Gasteiger charge is -2.20. The van der Waals surface area contributed by atoms with Gasteiger partial charge in [-0.3, -0.25) is 0 Å². The molecule has 0 saturated heterocycles. The largest absolute Gasteiger partial charge is 0.508 e. The molecule has 0 spiro atoms. The van der Waals surface area contributed by atoms with Crippen LogP contribution >= 0.6 is 0 Å². The van der Waals surface area contributed by atoms with E-state index in [1.807, 2.05) is 13.8 Å². The number of methoxy groups -OCH3 is 1. The van der Waals surface area contributed by atoms with Gasteiger partial charge < -0.3 is 14.6 Å². The van der Waals surface area contributed by atoms with Crippen LogP contribution in [0.15, 0.2) is 0 Å². The van der Waals surface area contributed by atoms with Crippen LogP contribution < -0.4 is 0 Å². The van der Waals surface area contributed by atoms with Gasteiger partial charge in [0.15, 0.2) is 6.61 Å². The minimum absolute atomic E-state index is 0.0532. The lowest BCUT2D eigenvalue weighted by Crippen LogP contribution is -2.26. The van der Waals surface area contributed by atoms with E-state index < -0.39 is 11.8 Å². The lowest BCUT2D eigenvalue weighted by molar-refractivity contribution is 0.0768. The van der Waals surface area contributed by atoms with Crippen LogP contribution in [0.5, 0.6) is 0 Å². The third kappa shape index (κ3) is 6.31. The average Bonchev–Trinajstić information content (AvgIpc) is 2.25. The minimum atomic E-state index is -0.955. The molecule has 0 aliphatic rings. The molecule has 0 aliphatic heterocycles. The molecule has 0 aliphatic carbocycles. The van der Waals surface area contributed by atoms with Gasteiger partial charge in [-0.15, -0.1) is 0 Å². The predicted molar refractivity (Wildman–Crippen MR) is 60.9 cm³/mol. The third-order valence-corrected chi connectivity index (χ3v) is 2.08. The Balaban J connectivity index is 4.17. The number of ether oxygens (including phenoxy) is 2. The topological polar surface area (TPSA) is 55.8 Å². The molecule has 0 aromatic carbocycles. The molecule has 4 heteroatoms. The van der Waals surface area contributed by atoms with Crippen molar-refractivity contribution in [2.45, 2.75) is 45.1 Å². The minimum Gasteiger partial charge on any atom is -0.438 e. The summed E-state index contributed by atoms with van der Waals surface area (Å²) >= 11 is 0. The Kier molecular flexibility index (Phi) is 7.40. The molecule has 0 bridgehead atoms. The van der Waals surface area contributed by atoms with E-state index in [1.54, 1.807) is 0 Å². The maximum absolute atomic E-state index is 10.6. The highest BCUT2D eigenvalue weighted by atomic mass is 16.7. The van der Waals surface area contributed by atoms with Crippen molar-refractivity contribution in [3.63, 3.8) is 0 Å². The second-order valence-electron chi connectivity index (χ2n) is 3.58. The maximum Gasteiger partial charge on any atom is 0.508 e. The molecule has 0 aromatic rings. The Hall–Kier alpha value is -1.21. The van der Waals surface area contributed by atoms with Gasteiger partial charge in [0.2, 0.25) is 0 Å². The first-order valence-electron chi connectivity index (χ1n) is 5.51. The lowest BCUT2D eigenvalue weighted by atomic mass is 9.93. The van der Waals surface area contributed by atoms with Crippen LogP contribution in [0.4, 0.5) is 4.79 Å². The van der Waals surface area contributed by atoms with E-state index in [2.05, 4.69) is 21.3 Å². The van der Waals surface area contributed by atoms with Crippen LogP contribution in [0.2, 0.25) is 0 Å². The third-order valence-electron chi connectivity index (χ3n) is 2.08. The van der Waals surface area contributed by atoms with Crippen molar-refractivity contribution in [1.82, 2.24) is 0 Å². The fourth-order valence-electron chi connectivity index (χ4n) is 1.43. The summed E-state index contributed by atoms with van der Waals surface area (Å²) in [5, 5.41) is 10.1. The van der Waals surface area contributed by atoms with E-state index >= 15 is 0 Å². The number of carbonyl (C=O) groups excluding carboxylic acids is 1. The van der Waals surface area contributed by atoms with Crippen molar-refractivity contribution >= 4 is 6.16 Å². The first-order valence-corrected chi connectivity index (χ1v) is 5.51.